The molecule has 33 nitrogen and oxygen atoms in total. The first-order valence-electron chi connectivity index (χ1n) is 42.6. The smallest absolute Gasteiger partial charge is 0.303 e. The van der Waals surface area contributed by atoms with E-state index in [0.717, 1.165) is 52.3 Å². The number of carboxylic acid groups (broad SMARTS) is 1. The van der Waals surface area contributed by atoms with Gasteiger partial charge in [-0.1, -0.05) is 30.2 Å². The van der Waals surface area contributed by atoms with Crippen LogP contribution in [0.5, 0.6) is 0 Å². The Morgan fingerprint density at radius 3 is 1.33 bits per heavy atom. The molecule has 0 fully saturated rings. The summed E-state index contributed by atoms with van der Waals surface area (Å²) in [4.78, 5) is 38.3. The van der Waals surface area contributed by atoms with Gasteiger partial charge in [-0.15, -0.1) is 26.3 Å². The van der Waals surface area contributed by atoms with Gasteiger partial charge >= 0.3 is 5.97 Å². The summed E-state index contributed by atoms with van der Waals surface area (Å²) >= 11 is 8.23. The van der Waals surface area contributed by atoms with Crippen molar-refractivity contribution in [2.75, 3.05) is 303 Å². The van der Waals surface area contributed by atoms with Gasteiger partial charge in [-0.3, -0.25) is 9.83 Å². The van der Waals surface area contributed by atoms with Crippen LogP contribution in [0.4, 0.5) is 11.4 Å². The van der Waals surface area contributed by atoms with E-state index in [1.807, 2.05) is 48.8 Å². The average molecular weight is 1810 g/mol. The molecule has 2 N–H and O–H groups in total. The number of nitrogens with one attached hydrogen (secondary N) is 1. The fourth-order valence-corrected chi connectivity index (χ4v) is 13.8. The number of benzene rings is 2. The number of nitrogens with zero attached hydrogens (tertiary/aromatic N) is 2. The predicted octanol–water partition coefficient (Wildman–Crippen LogP) is 9.04. The first-order chi connectivity index (χ1) is 60.0. The highest BCUT2D eigenvalue weighted by atomic mass is 35.5. The summed E-state index contributed by atoms with van der Waals surface area (Å²) in [5, 5.41) is 24.7. The van der Waals surface area contributed by atoms with Crippen LogP contribution >= 0.6 is 23.6 Å². The molecule has 3 aliphatic rings. The van der Waals surface area contributed by atoms with Crippen LogP contribution in [-0.2, 0) is 140 Å². The number of hydrogen-bond donors (Lipinski definition) is 2. The number of quaternary nitrogens is 1. The number of fused-ring (bicyclic) bond motifs is 2. The molecule has 708 valence electrons. The standard InChI is InChI=1S/C77H123ClN2O30S2.C6H15N.2C2H4/c1-76(2)68-63-67(112(84,85)86)16-18-70(68)80(23-25-106-108-61-59-104-57-55-102-53-51-100-49-47-98-45-43-96-41-39-94-37-35-92-33-31-90-29-27-88-5)72(76)19-13-64-10-9-11-65(75(64)78)14-20-73-77(3,69-62-66(111-110-109-83)15-17-71(69)79(73)22-8-6-7-12-74(81)82)21-24-105-107-60-58-103-56-54-101-52-50-99-48-46-97-44-42-95-40-38-93-36-34-91-32-30-89-28-26-87-4;1-4-7(5-2)6-3;2*1-2/h13-20,62-63H,6-12,21-61H2,1-5H3,(H2-,81,82,83,84,85,86);4-6H2,1-3H3;2*1-2H2. The lowest BCUT2D eigenvalue weighted by molar-refractivity contribution is -0.894. The van der Waals surface area contributed by atoms with Gasteiger partial charge in [0, 0.05) is 71.6 Å². The average Bonchev–Trinajstić information content (AvgIpc) is 1.59. The van der Waals surface area contributed by atoms with Crippen molar-refractivity contribution in [2.24, 2.45) is 0 Å². The van der Waals surface area contributed by atoms with E-state index in [1.165, 1.54) is 31.8 Å². The van der Waals surface area contributed by atoms with E-state index >= 15 is 0 Å². The van der Waals surface area contributed by atoms with Crippen molar-refractivity contribution in [1.82, 2.24) is 0 Å². The Labute approximate surface area is 741 Å². The third kappa shape index (κ3) is 51.4. The lowest BCUT2D eigenvalue weighted by atomic mass is 9.78. The molecule has 2 heterocycles. The van der Waals surface area contributed by atoms with Gasteiger partial charge in [-0.05, 0) is 133 Å². The Balaban J connectivity index is 0.00000439. The zero-order valence-corrected chi connectivity index (χ0v) is 76.9. The maximum absolute atomic E-state index is 12.3. The zero-order chi connectivity index (χ0) is 90.0. The molecule has 1 unspecified atom stereocenters. The van der Waals surface area contributed by atoms with E-state index in [9.17, 15) is 28.1 Å². The number of carbonyl (C=O) groups is 1. The second-order valence-electron chi connectivity index (χ2n) is 27.8. The third-order valence-corrected chi connectivity index (χ3v) is 21.0. The maximum Gasteiger partial charge on any atom is 0.303 e. The molecule has 0 bridgehead atoms. The van der Waals surface area contributed by atoms with Crippen LogP contribution in [0.1, 0.15) is 104 Å². The van der Waals surface area contributed by atoms with Gasteiger partial charge in [-0.2, -0.15) is 8.91 Å². The Morgan fingerprint density at radius 1 is 0.528 bits per heavy atom. The summed E-state index contributed by atoms with van der Waals surface area (Å²) in [6.45, 7) is 45.2. The lowest BCUT2D eigenvalue weighted by Crippen LogP contribution is -3.11. The number of unbranched alkanes of at least 4 members (excludes halogenated alkanes) is 2. The van der Waals surface area contributed by atoms with E-state index < -0.39 is 26.9 Å². The van der Waals surface area contributed by atoms with Crippen molar-refractivity contribution >= 4 is 56.8 Å². The van der Waals surface area contributed by atoms with Crippen LogP contribution in [0.2, 0.25) is 0 Å². The predicted molar refractivity (Wildman–Crippen MR) is 465 cm³/mol. The molecule has 0 radical (unpaired) electrons. The Morgan fingerprint density at radius 2 is 0.935 bits per heavy atom. The summed E-state index contributed by atoms with van der Waals surface area (Å²) in [7, 11) is -1.51. The molecule has 0 spiro atoms. The molecule has 0 saturated carbocycles. The minimum absolute atomic E-state index is 0.0628. The monoisotopic (exact) mass is 1810 g/mol. The fraction of sp³-hybridized carbons (Fsp3) is 0.701. The Bertz CT molecular complexity index is 3260. The summed E-state index contributed by atoms with van der Waals surface area (Å²) < 4.78 is 142. The minimum atomic E-state index is -4.77. The van der Waals surface area contributed by atoms with Gasteiger partial charge in [-0.25, -0.2) is 28.0 Å². The van der Waals surface area contributed by atoms with Gasteiger partial charge in [0.2, 0.25) is 5.69 Å². The van der Waals surface area contributed by atoms with Gasteiger partial charge in [0.1, 0.15) is 29.9 Å². The van der Waals surface area contributed by atoms with E-state index in [4.69, 9.17) is 121 Å². The number of ether oxygens (including phenoxy) is 18. The molecule has 2 aromatic rings. The van der Waals surface area contributed by atoms with Gasteiger partial charge in [0.05, 0.1) is 273 Å². The second-order valence-corrected chi connectivity index (χ2v) is 30.3. The zero-order valence-electron chi connectivity index (χ0n) is 74.5. The first-order valence-corrected chi connectivity index (χ1v) is 45.1. The van der Waals surface area contributed by atoms with Gasteiger partial charge in [0.25, 0.3) is 0 Å². The summed E-state index contributed by atoms with van der Waals surface area (Å²) in [5.74, 6) is -0.849. The van der Waals surface area contributed by atoms with Gasteiger partial charge in [0.15, 0.2) is 12.3 Å². The molecule has 0 aromatic heterocycles. The number of halogens is 1. The van der Waals surface area contributed by atoms with Crippen LogP contribution in [-0.4, -0.2) is 332 Å². The molecule has 1 atom stereocenters. The second kappa shape index (κ2) is 76.2. The fourth-order valence-electron chi connectivity index (χ4n) is 12.6. The highest BCUT2D eigenvalue weighted by molar-refractivity contribution is 7.94. The first kappa shape index (κ1) is 114. The van der Waals surface area contributed by atoms with Crippen LogP contribution in [0.3, 0.4) is 0 Å². The van der Waals surface area contributed by atoms with Gasteiger partial charge < -0.3 is 110 Å². The molecule has 2 aromatic carbocycles. The van der Waals surface area contributed by atoms with Crippen molar-refractivity contribution in [1.29, 1.82) is 0 Å². The molecule has 123 heavy (non-hydrogen) atoms. The quantitative estimate of drug-likeness (QED) is 0.0119. The topological polar surface area (TPSA) is 350 Å². The summed E-state index contributed by atoms with van der Waals surface area (Å²) in [5.41, 5.74) is 5.30. The number of aliphatic carboxylic acids is 1. The van der Waals surface area contributed by atoms with Crippen LogP contribution in [0.25, 0.3) is 0 Å². The summed E-state index contributed by atoms with van der Waals surface area (Å²) in [6.07, 6.45) is 12.7. The SMILES string of the molecule is C=C.C=C.CC[NH+](CC)CC.COCCOCCOCCOCCOCCOCCOCCOCCOCCOOCC[N+]1=C(C=CC2=C(Cl)C(=CC=C3N(CCCCCC(=O)O)c4ccc(SOO[O-])cc4C3(C)CCOOCCOCCOCCOCCOCCOCCOCCOCCOCCOC)CCC2)C(C)(C)c2cc(S(=O)(=O)[O-])ccc21. The largest absolute Gasteiger partial charge is 0.744 e. The molecular formula is C87H146ClN3O30S2. The van der Waals surface area contributed by atoms with Crippen LogP contribution < -0.4 is 15.1 Å². The van der Waals surface area contributed by atoms with Crippen molar-refractivity contribution in [3.8, 4) is 0 Å². The molecule has 0 saturated heterocycles. The lowest BCUT2D eigenvalue weighted by Gasteiger charge is -2.30. The van der Waals surface area contributed by atoms with E-state index in [-0.39, 0.29) is 51.0 Å². The van der Waals surface area contributed by atoms with Crippen molar-refractivity contribution in [3.63, 3.8) is 0 Å². The van der Waals surface area contributed by atoms with Crippen LogP contribution in [0, 0.1) is 0 Å². The van der Waals surface area contributed by atoms with E-state index in [0.29, 0.717) is 284 Å². The highest BCUT2D eigenvalue weighted by Crippen LogP contribution is 2.52. The number of carboxylic acids is 1. The molecular weight excluding hydrogens is 1670 g/mol. The number of methoxy groups -OCH3 is 2. The highest BCUT2D eigenvalue weighted by Gasteiger charge is 2.46. The van der Waals surface area contributed by atoms with E-state index in [1.54, 1.807) is 25.2 Å². The van der Waals surface area contributed by atoms with E-state index in [2.05, 4.69) is 76.1 Å². The molecule has 5 rings (SSSR count). The molecule has 1 aliphatic carbocycles. The van der Waals surface area contributed by atoms with Crippen molar-refractivity contribution in [2.45, 2.75) is 114 Å². The number of anilines is 1. The molecule has 0 amide bonds. The van der Waals surface area contributed by atoms with Crippen molar-refractivity contribution < 1.29 is 152 Å². The number of allylic oxidation sites excluding steroid dienone is 8. The number of hydrogen-bond acceptors (Lipinski definition) is 31. The van der Waals surface area contributed by atoms with Crippen molar-refractivity contribution in [3.05, 3.63) is 120 Å². The molecule has 2 aliphatic heterocycles. The number of rotatable bonds is 78. The Kier molecular flexibility index (Phi) is 70.9. The normalized spacial score (nSPS) is 15.6. The van der Waals surface area contributed by atoms with Crippen LogP contribution in [0.15, 0.2) is 119 Å². The third-order valence-electron chi connectivity index (χ3n) is 19.1. The minimum Gasteiger partial charge on any atom is -0.744 e. The maximum atomic E-state index is 12.3. The Hall–Kier alpha value is -4.67. The molecule has 36 heteroatoms. The summed E-state index contributed by atoms with van der Waals surface area (Å²) in [6, 6.07) is 10.2.